The number of para-hydroxylation sites is 3. The smallest absolute Gasteiger partial charge is 0.132 e. The van der Waals surface area contributed by atoms with Crippen molar-refractivity contribution in [3.8, 4) is 50.6 Å². The highest BCUT2D eigenvalue weighted by Crippen LogP contribution is 2.63. The number of nitrogens with zero attached hydrogens (tertiary/aromatic N) is 1. The van der Waals surface area contributed by atoms with Gasteiger partial charge in [0.05, 0.1) is 16.4 Å². The second-order valence-electron chi connectivity index (χ2n) is 15.6. The Hall–Kier alpha value is -6.64. The van der Waals surface area contributed by atoms with Crippen LogP contribution < -0.4 is 4.74 Å². The number of hydrogen-bond donors (Lipinski definition) is 0. The molecule has 0 unspecified atom stereocenters. The average Bonchev–Trinajstić information content (AvgIpc) is 3.79. The summed E-state index contributed by atoms with van der Waals surface area (Å²) in [5.41, 5.74) is 18.6. The molecule has 12 rings (SSSR count). The van der Waals surface area contributed by atoms with E-state index in [4.69, 9.17) is 4.74 Å². The largest absolute Gasteiger partial charge is 0.457 e. The molecule has 0 radical (unpaired) electrons. The molecular weight excluding hydrogens is 655 g/mol. The summed E-state index contributed by atoms with van der Waals surface area (Å²) in [6.07, 6.45) is 0. The minimum atomic E-state index is -0.482. The van der Waals surface area contributed by atoms with Crippen molar-refractivity contribution in [1.29, 1.82) is 0 Å². The van der Waals surface area contributed by atoms with Crippen LogP contribution in [-0.2, 0) is 10.8 Å². The quantitative estimate of drug-likeness (QED) is 0.176. The Balaban J connectivity index is 1.06. The van der Waals surface area contributed by atoms with E-state index in [0.29, 0.717) is 0 Å². The number of benzene rings is 8. The first-order valence-electron chi connectivity index (χ1n) is 18.9. The highest BCUT2D eigenvalue weighted by Gasteiger charge is 2.51. The molecule has 0 amide bonds. The number of ether oxygens (including phenoxy) is 1. The molecule has 0 saturated heterocycles. The van der Waals surface area contributed by atoms with E-state index in [0.717, 1.165) is 17.2 Å². The molecule has 54 heavy (non-hydrogen) atoms. The van der Waals surface area contributed by atoms with Crippen LogP contribution in [0.1, 0.15) is 47.2 Å². The van der Waals surface area contributed by atoms with Crippen molar-refractivity contribution in [2.24, 2.45) is 0 Å². The number of rotatable bonds is 2. The number of fused-ring (bicyclic) bond motifs is 15. The molecular formula is C52H35NO. The minimum absolute atomic E-state index is 0.0713. The van der Waals surface area contributed by atoms with Crippen LogP contribution in [0.15, 0.2) is 176 Å². The molecule has 2 heterocycles. The highest BCUT2D eigenvalue weighted by atomic mass is 16.5. The van der Waals surface area contributed by atoms with Crippen molar-refractivity contribution in [2.45, 2.75) is 24.7 Å². The lowest BCUT2D eigenvalue weighted by Gasteiger charge is -2.39. The first-order valence-corrected chi connectivity index (χ1v) is 18.9. The SMILES string of the molecule is CC1(C)c2ccccc2-c2cc3c4ccccc4n(-c4ccc(-c5cccc6c5-c5ccccc5C65c6ccccc6Oc6ccccc65)cc4)c3cc21. The van der Waals surface area contributed by atoms with E-state index in [1.54, 1.807) is 0 Å². The molecule has 1 spiro atoms. The van der Waals surface area contributed by atoms with E-state index in [9.17, 15) is 0 Å². The Morgan fingerprint density at radius 1 is 0.407 bits per heavy atom. The summed E-state index contributed by atoms with van der Waals surface area (Å²) in [7, 11) is 0. The van der Waals surface area contributed by atoms with Crippen molar-refractivity contribution < 1.29 is 4.74 Å². The molecule has 254 valence electrons. The zero-order valence-electron chi connectivity index (χ0n) is 30.1. The van der Waals surface area contributed by atoms with Gasteiger partial charge in [0.2, 0.25) is 0 Å². The fraction of sp³-hybridized carbons (Fsp3) is 0.0769. The lowest BCUT2D eigenvalue weighted by molar-refractivity contribution is 0.436. The summed E-state index contributed by atoms with van der Waals surface area (Å²) < 4.78 is 9.03. The van der Waals surface area contributed by atoms with Crippen LogP contribution in [0.2, 0.25) is 0 Å². The normalized spacial score (nSPS) is 14.9. The zero-order valence-corrected chi connectivity index (χ0v) is 30.1. The van der Waals surface area contributed by atoms with Crippen molar-refractivity contribution in [2.75, 3.05) is 0 Å². The molecule has 8 aromatic carbocycles. The van der Waals surface area contributed by atoms with Gasteiger partial charge in [0.1, 0.15) is 11.5 Å². The van der Waals surface area contributed by atoms with Gasteiger partial charge in [-0.2, -0.15) is 0 Å². The van der Waals surface area contributed by atoms with E-state index in [1.165, 1.54) is 88.6 Å². The molecule has 2 nitrogen and oxygen atoms in total. The second-order valence-corrected chi connectivity index (χ2v) is 15.6. The van der Waals surface area contributed by atoms with Gasteiger partial charge in [0.25, 0.3) is 0 Å². The van der Waals surface area contributed by atoms with Gasteiger partial charge in [-0.05, 0) is 98.1 Å². The third kappa shape index (κ3) is 3.65. The van der Waals surface area contributed by atoms with E-state index >= 15 is 0 Å². The Labute approximate surface area is 314 Å². The Morgan fingerprint density at radius 3 is 1.76 bits per heavy atom. The van der Waals surface area contributed by atoms with E-state index in [2.05, 4.69) is 194 Å². The summed E-state index contributed by atoms with van der Waals surface area (Å²) in [4.78, 5) is 0. The Bertz CT molecular complexity index is 3000. The van der Waals surface area contributed by atoms with Gasteiger partial charge in [-0.3, -0.25) is 0 Å². The minimum Gasteiger partial charge on any atom is -0.457 e. The van der Waals surface area contributed by atoms with Crippen LogP contribution in [0, 0.1) is 0 Å². The lowest BCUT2D eigenvalue weighted by atomic mass is 9.66. The van der Waals surface area contributed by atoms with Crippen molar-refractivity contribution in [3.63, 3.8) is 0 Å². The van der Waals surface area contributed by atoms with Crippen LogP contribution in [0.4, 0.5) is 0 Å². The van der Waals surface area contributed by atoms with E-state index in [-0.39, 0.29) is 5.41 Å². The molecule has 0 fully saturated rings. The Morgan fingerprint density at radius 2 is 1.00 bits per heavy atom. The lowest BCUT2D eigenvalue weighted by Crippen LogP contribution is -2.32. The Kier molecular flexibility index (Phi) is 5.81. The molecule has 0 saturated carbocycles. The van der Waals surface area contributed by atoms with Gasteiger partial charge >= 0.3 is 0 Å². The maximum Gasteiger partial charge on any atom is 0.132 e. The second kappa shape index (κ2) is 10.5. The first kappa shape index (κ1) is 29.9. The monoisotopic (exact) mass is 689 g/mol. The predicted molar refractivity (Wildman–Crippen MR) is 221 cm³/mol. The molecule has 1 aromatic heterocycles. The van der Waals surface area contributed by atoms with Crippen molar-refractivity contribution >= 4 is 21.8 Å². The number of aromatic nitrogens is 1. The summed E-state index contributed by atoms with van der Waals surface area (Å²) in [5, 5.41) is 2.57. The number of hydrogen-bond acceptors (Lipinski definition) is 1. The van der Waals surface area contributed by atoms with E-state index < -0.39 is 5.41 Å². The first-order chi connectivity index (χ1) is 26.5. The molecule has 3 aliphatic rings. The topological polar surface area (TPSA) is 14.2 Å². The van der Waals surface area contributed by atoms with Gasteiger partial charge in [-0.15, -0.1) is 0 Å². The summed E-state index contributed by atoms with van der Waals surface area (Å²) >= 11 is 0. The fourth-order valence-corrected chi connectivity index (χ4v) is 10.4. The van der Waals surface area contributed by atoms with Gasteiger partial charge in [0.15, 0.2) is 0 Å². The molecule has 0 N–H and O–H groups in total. The van der Waals surface area contributed by atoms with Crippen molar-refractivity contribution in [1.82, 2.24) is 4.57 Å². The van der Waals surface area contributed by atoms with Crippen molar-refractivity contribution in [3.05, 3.63) is 209 Å². The average molecular weight is 690 g/mol. The predicted octanol–water partition coefficient (Wildman–Crippen LogP) is 13.2. The third-order valence-corrected chi connectivity index (χ3v) is 12.7. The van der Waals surface area contributed by atoms with Gasteiger partial charge < -0.3 is 9.30 Å². The molecule has 2 heteroatoms. The highest BCUT2D eigenvalue weighted by molar-refractivity contribution is 6.11. The maximum atomic E-state index is 6.57. The van der Waals surface area contributed by atoms with Crippen LogP contribution in [-0.4, -0.2) is 4.57 Å². The third-order valence-electron chi connectivity index (χ3n) is 12.7. The fourth-order valence-electron chi connectivity index (χ4n) is 10.4. The van der Waals surface area contributed by atoms with Crippen LogP contribution >= 0.6 is 0 Å². The van der Waals surface area contributed by atoms with Crippen LogP contribution in [0.25, 0.3) is 60.9 Å². The van der Waals surface area contributed by atoms with Gasteiger partial charge in [-0.1, -0.05) is 147 Å². The molecule has 1 aliphatic heterocycles. The molecule has 0 atom stereocenters. The standard InChI is InChI=1S/C52H35NO/c1-51(2)40-18-6-3-14-35(40)38-30-39-36-15-5-10-23-46(36)53(47(39)31-45(38)51)33-28-26-32(27-29-33)34-17-13-22-44-50(34)37-16-4-7-19-41(37)52(44)42-20-8-11-24-48(42)54-49-25-12-9-21-43(49)52/h3-31H,1-2H3. The van der Waals surface area contributed by atoms with Gasteiger partial charge in [-0.25, -0.2) is 0 Å². The summed E-state index contributed by atoms with van der Waals surface area (Å²) in [6, 6.07) is 64.9. The summed E-state index contributed by atoms with van der Waals surface area (Å²) in [6.45, 7) is 4.73. The maximum absolute atomic E-state index is 6.57. The van der Waals surface area contributed by atoms with Crippen LogP contribution in [0.5, 0.6) is 11.5 Å². The summed E-state index contributed by atoms with van der Waals surface area (Å²) in [5.74, 6) is 1.83. The molecule has 0 bridgehead atoms. The zero-order chi connectivity index (χ0) is 35.8. The van der Waals surface area contributed by atoms with Crippen LogP contribution in [0.3, 0.4) is 0 Å². The van der Waals surface area contributed by atoms with E-state index in [1.807, 2.05) is 0 Å². The molecule has 2 aliphatic carbocycles. The van der Waals surface area contributed by atoms with Gasteiger partial charge in [0, 0.05) is 33.0 Å². The molecule has 9 aromatic rings.